The van der Waals surface area contributed by atoms with Crippen LogP contribution in [0.15, 0.2) is 0 Å². The van der Waals surface area contributed by atoms with Gasteiger partial charge in [0.05, 0.1) is 6.10 Å². The van der Waals surface area contributed by atoms with Gasteiger partial charge in [-0.15, -0.1) is 0 Å². The summed E-state index contributed by atoms with van der Waals surface area (Å²) in [4.78, 5) is 11.9. The largest absolute Gasteiger partial charge is 0.462 e. The van der Waals surface area contributed by atoms with Crippen molar-refractivity contribution in [3.05, 3.63) is 0 Å². The molecule has 0 bridgehead atoms. The lowest BCUT2D eigenvalue weighted by molar-refractivity contribution is -0.192. The van der Waals surface area contributed by atoms with Gasteiger partial charge in [0.1, 0.15) is 6.10 Å². The van der Waals surface area contributed by atoms with Crippen LogP contribution in [0, 0.1) is 40.4 Å². The molecule has 3 nitrogen and oxygen atoms in total. The molecule has 0 aromatic heterocycles. The van der Waals surface area contributed by atoms with E-state index in [-0.39, 0.29) is 23.6 Å². The monoisotopic (exact) mass is 436 g/mol. The smallest absolute Gasteiger partial charge is 0.302 e. The second kappa shape index (κ2) is 11.0. The van der Waals surface area contributed by atoms with Gasteiger partial charge < -0.3 is 9.84 Å². The molecule has 0 saturated heterocycles. The first-order chi connectivity index (χ1) is 14.7. The minimum atomic E-state index is -0.112. The predicted octanol–water partition coefficient (Wildman–Crippen LogP) is 7.40. The van der Waals surface area contributed by atoms with Crippen molar-refractivity contribution in [1.82, 2.24) is 0 Å². The summed E-state index contributed by atoms with van der Waals surface area (Å²) in [5.41, 5.74) is 0.484. The SMILES string of the molecule is CC.CC(=O)OC1CC2C(CCC3CC(O)CCC32C)C2CCC(C)C12C.CCCC. The van der Waals surface area contributed by atoms with Crippen LogP contribution in [0.1, 0.15) is 120 Å². The van der Waals surface area contributed by atoms with E-state index >= 15 is 0 Å². The summed E-state index contributed by atoms with van der Waals surface area (Å²) in [6, 6.07) is 0. The molecular formula is C28H52O3. The van der Waals surface area contributed by atoms with Crippen molar-refractivity contribution in [3.8, 4) is 0 Å². The lowest BCUT2D eigenvalue weighted by atomic mass is 9.44. The number of unbranched alkanes of at least 4 members (excludes halogenated alkanes) is 1. The third kappa shape index (κ3) is 5.02. The number of carbonyl (C=O) groups excluding carboxylic acids is 1. The number of fused-ring (bicyclic) bond motifs is 5. The minimum Gasteiger partial charge on any atom is -0.462 e. The van der Waals surface area contributed by atoms with Gasteiger partial charge in [-0.2, -0.15) is 0 Å². The standard InChI is InChI=1S/C22H36O3.C4H10.C2H6/c1-13-5-8-18-17-7-6-15-11-16(24)9-10-21(15,3)19(17)12-20(22(13,18)4)25-14(2)23;1-3-4-2;1-2/h13,15-20,24H,5-12H2,1-4H3;3-4H2,1-2H3;1-2H3. The first-order valence-electron chi connectivity index (χ1n) is 13.5. The Kier molecular flexibility index (Phi) is 9.50. The maximum atomic E-state index is 11.9. The Hall–Kier alpha value is -0.570. The molecule has 0 radical (unpaired) electrons. The van der Waals surface area contributed by atoms with E-state index in [4.69, 9.17) is 4.74 Å². The van der Waals surface area contributed by atoms with Gasteiger partial charge >= 0.3 is 5.97 Å². The minimum absolute atomic E-state index is 0.0798. The summed E-state index contributed by atoms with van der Waals surface area (Å²) in [6.07, 6.45) is 11.9. The maximum Gasteiger partial charge on any atom is 0.302 e. The number of hydrogen-bond donors (Lipinski definition) is 1. The Morgan fingerprint density at radius 1 is 0.968 bits per heavy atom. The van der Waals surface area contributed by atoms with Crippen LogP contribution in [0.2, 0.25) is 0 Å². The van der Waals surface area contributed by atoms with Crippen molar-refractivity contribution < 1.29 is 14.6 Å². The van der Waals surface area contributed by atoms with Gasteiger partial charge in [-0.05, 0) is 86.4 Å². The summed E-state index contributed by atoms with van der Waals surface area (Å²) < 4.78 is 5.99. The lowest BCUT2D eigenvalue weighted by Gasteiger charge is -2.62. The Morgan fingerprint density at radius 3 is 2.19 bits per heavy atom. The highest BCUT2D eigenvalue weighted by Crippen LogP contribution is 2.67. The van der Waals surface area contributed by atoms with Crippen molar-refractivity contribution >= 4 is 5.97 Å². The first-order valence-corrected chi connectivity index (χ1v) is 13.5. The van der Waals surface area contributed by atoms with Gasteiger partial charge in [0.2, 0.25) is 0 Å². The van der Waals surface area contributed by atoms with Gasteiger partial charge in [0, 0.05) is 12.3 Å². The summed E-state index contributed by atoms with van der Waals surface area (Å²) in [7, 11) is 0. The van der Waals surface area contributed by atoms with E-state index in [2.05, 4.69) is 34.6 Å². The number of rotatable bonds is 2. The Bertz CT molecular complexity index is 573. The maximum absolute atomic E-state index is 11.9. The lowest BCUT2D eigenvalue weighted by Crippen LogP contribution is -2.59. The van der Waals surface area contributed by atoms with E-state index in [1.54, 1.807) is 6.92 Å². The number of carbonyl (C=O) groups is 1. The first kappa shape index (κ1) is 26.7. The molecule has 0 aromatic carbocycles. The molecule has 0 aromatic rings. The van der Waals surface area contributed by atoms with E-state index < -0.39 is 0 Å². The third-order valence-electron chi connectivity index (χ3n) is 9.98. The summed E-state index contributed by atoms with van der Waals surface area (Å²) >= 11 is 0. The van der Waals surface area contributed by atoms with Crippen LogP contribution in [0.3, 0.4) is 0 Å². The molecule has 4 aliphatic carbocycles. The van der Waals surface area contributed by atoms with Gasteiger partial charge in [-0.25, -0.2) is 0 Å². The van der Waals surface area contributed by atoms with Crippen LogP contribution in [-0.4, -0.2) is 23.3 Å². The molecule has 9 unspecified atom stereocenters. The molecule has 31 heavy (non-hydrogen) atoms. The number of aliphatic hydroxyl groups excluding tert-OH is 1. The van der Waals surface area contributed by atoms with Crippen LogP contribution < -0.4 is 0 Å². The predicted molar refractivity (Wildman–Crippen MR) is 130 cm³/mol. The zero-order valence-corrected chi connectivity index (χ0v) is 21.9. The van der Waals surface area contributed by atoms with Crippen LogP contribution in [0.4, 0.5) is 0 Å². The number of esters is 1. The summed E-state index contributed by atoms with van der Waals surface area (Å²) in [5, 5.41) is 10.2. The Morgan fingerprint density at radius 2 is 1.61 bits per heavy atom. The van der Waals surface area contributed by atoms with Crippen LogP contribution in [-0.2, 0) is 9.53 Å². The highest BCUT2D eigenvalue weighted by atomic mass is 16.5. The third-order valence-corrected chi connectivity index (χ3v) is 9.98. The second-order valence-electron chi connectivity index (χ2n) is 11.3. The van der Waals surface area contributed by atoms with Gasteiger partial charge in [0.15, 0.2) is 0 Å². The molecule has 4 aliphatic rings. The van der Waals surface area contributed by atoms with Crippen LogP contribution >= 0.6 is 0 Å². The van der Waals surface area contributed by atoms with Crippen molar-refractivity contribution in [1.29, 1.82) is 0 Å². The average molecular weight is 437 g/mol. The summed E-state index contributed by atoms with van der Waals surface area (Å²) in [6.45, 7) is 17.2. The van der Waals surface area contributed by atoms with Crippen molar-refractivity contribution in [2.24, 2.45) is 40.4 Å². The number of hydrogen-bond acceptors (Lipinski definition) is 3. The van der Waals surface area contributed by atoms with E-state index in [1.807, 2.05) is 13.8 Å². The van der Waals surface area contributed by atoms with Gasteiger partial charge in [-0.3, -0.25) is 4.79 Å². The molecule has 3 heteroatoms. The fraction of sp³-hybridized carbons (Fsp3) is 0.964. The van der Waals surface area contributed by atoms with Gasteiger partial charge in [-0.1, -0.05) is 61.3 Å². The van der Waals surface area contributed by atoms with E-state index in [0.29, 0.717) is 29.1 Å². The van der Waals surface area contributed by atoms with Crippen molar-refractivity contribution in [3.63, 3.8) is 0 Å². The molecule has 182 valence electrons. The number of aliphatic hydroxyl groups is 1. The van der Waals surface area contributed by atoms with E-state index in [9.17, 15) is 9.90 Å². The molecule has 9 atom stereocenters. The normalized spacial score (nSPS) is 45.5. The molecular weight excluding hydrogens is 384 g/mol. The average Bonchev–Trinajstić information content (AvgIpc) is 3.06. The molecule has 0 amide bonds. The van der Waals surface area contributed by atoms with Crippen LogP contribution in [0.5, 0.6) is 0 Å². The summed E-state index contributed by atoms with van der Waals surface area (Å²) in [5.74, 6) is 3.33. The molecule has 4 fully saturated rings. The highest BCUT2D eigenvalue weighted by molar-refractivity contribution is 5.66. The molecule has 0 aliphatic heterocycles. The molecule has 4 saturated carbocycles. The zero-order valence-electron chi connectivity index (χ0n) is 21.9. The molecule has 4 rings (SSSR count). The molecule has 0 spiro atoms. The molecule has 0 heterocycles. The van der Waals surface area contributed by atoms with Crippen molar-refractivity contribution in [2.75, 3.05) is 0 Å². The Labute approximate surface area is 193 Å². The van der Waals surface area contributed by atoms with Crippen molar-refractivity contribution in [2.45, 2.75) is 132 Å². The Balaban J connectivity index is 0.000000513. The highest BCUT2D eigenvalue weighted by Gasteiger charge is 2.63. The second-order valence-corrected chi connectivity index (χ2v) is 11.3. The number of ether oxygens (including phenoxy) is 1. The van der Waals surface area contributed by atoms with Gasteiger partial charge in [0.25, 0.3) is 0 Å². The zero-order chi connectivity index (χ0) is 23.4. The fourth-order valence-corrected chi connectivity index (χ4v) is 7.85. The van der Waals surface area contributed by atoms with E-state index in [1.165, 1.54) is 38.5 Å². The fourth-order valence-electron chi connectivity index (χ4n) is 7.85. The molecule has 1 N–H and O–H groups in total. The quantitative estimate of drug-likeness (QED) is 0.459. The topological polar surface area (TPSA) is 46.5 Å². The van der Waals surface area contributed by atoms with E-state index in [0.717, 1.165) is 31.6 Å². The van der Waals surface area contributed by atoms with Crippen LogP contribution in [0.25, 0.3) is 0 Å².